The van der Waals surface area contributed by atoms with E-state index in [4.69, 9.17) is 0 Å². The highest BCUT2D eigenvalue weighted by atomic mass is 16.4. The highest BCUT2D eigenvalue weighted by Gasteiger charge is 2.43. The maximum atomic E-state index is 12.6. The fourth-order valence-corrected chi connectivity index (χ4v) is 3.48. The molecule has 8 nitrogen and oxygen atoms in total. The predicted octanol–water partition coefficient (Wildman–Crippen LogP) is 1.07. The molecule has 0 spiro atoms. The molecule has 2 aromatic rings. The van der Waals surface area contributed by atoms with Crippen molar-refractivity contribution in [3.05, 3.63) is 36.4 Å². The van der Waals surface area contributed by atoms with Gasteiger partial charge in [-0.05, 0) is 25.5 Å². The third kappa shape index (κ3) is 2.91. The molecule has 0 bridgehead atoms. The van der Waals surface area contributed by atoms with Gasteiger partial charge in [-0.2, -0.15) is 10.2 Å². The second kappa shape index (κ2) is 6.46. The van der Waals surface area contributed by atoms with Crippen LogP contribution in [0, 0.1) is 5.92 Å². The van der Waals surface area contributed by atoms with E-state index in [0.29, 0.717) is 13.0 Å². The lowest BCUT2D eigenvalue weighted by atomic mass is 9.85. The number of nitrogens with zero attached hydrogens (tertiary/aromatic N) is 5. The molecule has 1 aliphatic rings. The summed E-state index contributed by atoms with van der Waals surface area (Å²) in [5.41, 5.74) is 0.739. The van der Waals surface area contributed by atoms with Crippen molar-refractivity contribution in [1.82, 2.24) is 24.5 Å². The summed E-state index contributed by atoms with van der Waals surface area (Å²) >= 11 is 0. The van der Waals surface area contributed by atoms with Crippen LogP contribution in [0.15, 0.2) is 30.7 Å². The van der Waals surface area contributed by atoms with Gasteiger partial charge in [0, 0.05) is 38.1 Å². The van der Waals surface area contributed by atoms with Crippen molar-refractivity contribution >= 4 is 11.9 Å². The summed E-state index contributed by atoms with van der Waals surface area (Å²) in [5.74, 6) is -1.55. The number of hydrogen-bond donors (Lipinski definition) is 1. The molecule has 3 rings (SSSR count). The lowest BCUT2D eigenvalue weighted by Crippen LogP contribution is -2.51. The molecule has 0 aromatic carbocycles. The smallest absolute Gasteiger partial charge is 0.309 e. The summed E-state index contributed by atoms with van der Waals surface area (Å²) in [6.45, 7) is 2.44. The van der Waals surface area contributed by atoms with Crippen LogP contribution in [0.4, 0.5) is 0 Å². The Morgan fingerprint density at radius 2 is 2.21 bits per heavy atom. The van der Waals surface area contributed by atoms with Gasteiger partial charge in [0.1, 0.15) is 0 Å². The first-order valence-corrected chi connectivity index (χ1v) is 7.98. The first kappa shape index (κ1) is 16.2. The van der Waals surface area contributed by atoms with Gasteiger partial charge < -0.3 is 10.0 Å². The molecule has 2 aromatic heterocycles. The molecular weight excluding hydrogens is 310 g/mol. The minimum Gasteiger partial charge on any atom is -0.481 e. The van der Waals surface area contributed by atoms with Crippen molar-refractivity contribution < 1.29 is 14.7 Å². The summed E-state index contributed by atoms with van der Waals surface area (Å²) in [4.78, 5) is 26.1. The van der Waals surface area contributed by atoms with Crippen molar-refractivity contribution in [2.24, 2.45) is 13.0 Å². The van der Waals surface area contributed by atoms with Crippen LogP contribution in [0.2, 0.25) is 0 Å². The van der Waals surface area contributed by atoms with Crippen molar-refractivity contribution in [1.29, 1.82) is 0 Å². The molecule has 0 saturated carbocycles. The maximum absolute atomic E-state index is 12.6. The molecule has 1 aliphatic heterocycles. The largest absolute Gasteiger partial charge is 0.481 e. The van der Waals surface area contributed by atoms with Crippen molar-refractivity contribution in [2.75, 3.05) is 0 Å². The Balaban J connectivity index is 1.96. The molecule has 1 amide bonds. The Kier molecular flexibility index (Phi) is 4.37. The van der Waals surface area contributed by atoms with Gasteiger partial charge in [-0.3, -0.25) is 19.0 Å². The molecule has 1 fully saturated rings. The third-order valence-electron chi connectivity index (χ3n) is 4.60. The number of carboxylic acid groups (broad SMARTS) is 1. The average Bonchev–Trinajstić information content (AvgIpc) is 3.17. The maximum Gasteiger partial charge on any atom is 0.309 e. The van der Waals surface area contributed by atoms with Crippen LogP contribution in [0.25, 0.3) is 0 Å². The Morgan fingerprint density at radius 1 is 1.42 bits per heavy atom. The highest BCUT2D eigenvalue weighted by Crippen LogP contribution is 2.38. The zero-order valence-electron chi connectivity index (χ0n) is 13.7. The molecular formula is C16H21N5O3. The number of carbonyl (C=O) groups is 2. The van der Waals surface area contributed by atoms with Crippen LogP contribution in [-0.4, -0.2) is 47.5 Å². The van der Waals surface area contributed by atoms with Crippen LogP contribution in [-0.2, 0) is 23.2 Å². The predicted molar refractivity (Wildman–Crippen MR) is 84.8 cm³/mol. The van der Waals surface area contributed by atoms with Crippen LogP contribution < -0.4 is 0 Å². The summed E-state index contributed by atoms with van der Waals surface area (Å²) in [7, 11) is 1.77. The highest BCUT2D eigenvalue weighted by molar-refractivity contribution is 5.82. The Morgan fingerprint density at radius 3 is 2.79 bits per heavy atom. The van der Waals surface area contributed by atoms with Crippen LogP contribution >= 0.6 is 0 Å². The van der Waals surface area contributed by atoms with Gasteiger partial charge in [-0.25, -0.2) is 0 Å². The fourth-order valence-electron chi connectivity index (χ4n) is 3.48. The van der Waals surface area contributed by atoms with E-state index in [9.17, 15) is 14.7 Å². The number of aliphatic carboxylic acids is 1. The standard InChI is InChI=1S/C16H21N5O3/c1-11(10-20-9-3-7-18-20)21-14(22)5-4-12(16(23)24)15(21)13-6-8-17-19(13)2/h3,6-9,11-12,15H,4-5,10H2,1-2H3,(H,23,24)/t11?,12-,15-/m0/s1. The number of amides is 1. The Labute approximate surface area is 139 Å². The van der Waals surface area contributed by atoms with Crippen molar-refractivity contribution in [2.45, 2.75) is 38.4 Å². The van der Waals surface area contributed by atoms with Gasteiger partial charge in [-0.1, -0.05) is 0 Å². The molecule has 1 N–H and O–H groups in total. The average molecular weight is 331 g/mol. The summed E-state index contributed by atoms with van der Waals surface area (Å²) in [5, 5.41) is 18.0. The van der Waals surface area contributed by atoms with E-state index in [1.807, 2.05) is 19.2 Å². The number of aromatic nitrogens is 4. The topological polar surface area (TPSA) is 93.2 Å². The molecule has 128 valence electrons. The first-order valence-electron chi connectivity index (χ1n) is 7.98. The minimum atomic E-state index is -0.884. The zero-order chi connectivity index (χ0) is 17.3. The molecule has 8 heteroatoms. The van der Waals surface area contributed by atoms with E-state index in [0.717, 1.165) is 5.69 Å². The number of carboxylic acids is 1. The monoisotopic (exact) mass is 331 g/mol. The van der Waals surface area contributed by atoms with Gasteiger partial charge in [0.25, 0.3) is 0 Å². The Hall–Kier alpha value is -2.64. The second-order valence-electron chi connectivity index (χ2n) is 6.19. The summed E-state index contributed by atoms with van der Waals surface area (Å²) in [6, 6.07) is 2.90. The number of hydrogen-bond acceptors (Lipinski definition) is 4. The van der Waals surface area contributed by atoms with Gasteiger partial charge in [0.2, 0.25) is 5.91 Å². The molecule has 3 atom stereocenters. The van der Waals surface area contributed by atoms with E-state index < -0.39 is 17.9 Å². The normalized spacial score (nSPS) is 22.6. The minimum absolute atomic E-state index is 0.0293. The van der Waals surface area contributed by atoms with E-state index >= 15 is 0 Å². The van der Waals surface area contributed by atoms with Crippen LogP contribution in [0.5, 0.6) is 0 Å². The lowest BCUT2D eigenvalue weighted by molar-refractivity contribution is -0.154. The fraction of sp³-hybridized carbons (Fsp3) is 0.500. The van der Waals surface area contributed by atoms with Crippen LogP contribution in [0.3, 0.4) is 0 Å². The number of carbonyl (C=O) groups excluding carboxylic acids is 1. The van der Waals surface area contributed by atoms with Gasteiger partial charge in [0.05, 0.1) is 24.2 Å². The number of likely N-dealkylation sites (tertiary alicyclic amines) is 1. The van der Waals surface area contributed by atoms with E-state index in [1.54, 1.807) is 39.8 Å². The van der Waals surface area contributed by atoms with E-state index in [2.05, 4.69) is 10.2 Å². The zero-order valence-corrected chi connectivity index (χ0v) is 13.7. The van der Waals surface area contributed by atoms with Crippen molar-refractivity contribution in [3.8, 4) is 0 Å². The molecule has 0 radical (unpaired) electrons. The molecule has 1 saturated heterocycles. The van der Waals surface area contributed by atoms with Crippen molar-refractivity contribution in [3.63, 3.8) is 0 Å². The number of rotatable bonds is 5. The second-order valence-corrected chi connectivity index (χ2v) is 6.19. The first-order chi connectivity index (χ1) is 11.5. The van der Waals surface area contributed by atoms with Gasteiger partial charge in [0.15, 0.2) is 0 Å². The molecule has 0 aliphatic carbocycles. The van der Waals surface area contributed by atoms with Gasteiger partial charge in [-0.15, -0.1) is 0 Å². The lowest BCUT2D eigenvalue weighted by Gasteiger charge is -2.42. The number of aryl methyl sites for hydroxylation is 1. The van der Waals surface area contributed by atoms with E-state index in [-0.39, 0.29) is 18.4 Å². The van der Waals surface area contributed by atoms with Gasteiger partial charge >= 0.3 is 5.97 Å². The quantitative estimate of drug-likeness (QED) is 0.884. The van der Waals surface area contributed by atoms with Crippen LogP contribution in [0.1, 0.15) is 31.5 Å². The molecule has 1 unspecified atom stereocenters. The third-order valence-corrected chi connectivity index (χ3v) is 4.60. The summed E-state index contributed by atoms with van der Waals surface area (Å²) < 4.78 is 3.40. The summed E-state index contributed by atoms with van der Waals surface area (Å²) in [6.07, 6.45) is 5.73. The molecule has 24 heavy (non-hydrogen) atoms. The number of piperidine rings is 1. The molecule has 3 heterocycles. The van der Waals surface area contributed by atoms with E-state index in [1.165, 1.54) is 0 Å². The Bertz CT molecular complexity index is 724. The SMILES string of the molecule is CC(Cn1cccn1)N1C(=O)CC[C@H](C(=O)O)[C@H]1c1ccnn1C.